The zero-order valence-corrected chi connectivity index (χ0v) is 14.0. The molecule has 1 aliphatic heterocycles. The molecule has 0 radical (unpaired) electrons. The van der Waals surface area contributed by atoms with Crippen LogP contribution in [0.25, 0.3) is 0 Å². The summed E-state index contributed by atoms with van der Waals surface area (Å²) in [5.74, 6) is 0.711. The van der Waals surface area contributed by atoms with Crippen molar-refractivity contribution in [2.75, 3.05) is 26.3 Å². The molecule has 1 fully saturated rings. The van der Waals surface area contributed by atoms with Gasteiger partial charge in [-0.2, -0.15) is 0 Å². The van der Waals surface area contributed by atoms with Gasteiger partial charge in [0.15, 0.2) is 6.61 Å². The minimum atomic E-state index is -0.0645. The quantitative estimate of drug-likeness (QED) is 0.847. The average Bonchev–Trinajstić information content (AvgIpc) is 2.67. The van der Waals surface area contributed by atoms with Crippen molar-refractivity contribution in [1.29, 1.82) is 0 Å². The first kappa shape index (κ1) is 16.5. The van der Waals surface area contributed by atoms with Gasteiger partial charge in [0.1, 0.15) is 11.9 Å². The highest BCUT2D eigenvalue weighted by atomic mass is 16.5. The van der Waals surface area contributed by atoms with Crippen molar-refractivity contribution in [3.05, 3.63) is 65.7 Å². The Morgan fingerprint density at radius 3 is 2.62 bits per heavy atom. The van der Waals surface area contributed by atoms with Gasteiger partial charge in [-0.15, -0.1) is 0 Å². The maximum atomic E-state index is 12.4. The lowest BCUT2D eigenvalue weighted by Gasteiger charge is -2.33. The van der Waals surface area contributed by atoms with Gasteiger partial charge in [-0.3, -0.25) is 4.79 Å². The molecular weight excluding hydrogens is 302 g/mol. The number of carbonyl (C=O) groups is 1. The summed E-state index contributed by atoms with van der Waals surface area (Å²) < 4.78 is 11.4. The summed E-state index contributed by atoms with van der Waals surface area (Å²) in [7, 11) is 0. The van der Waals surface area contributed by atoms with Crippen molar-refractivity contribution < 1.29 is 14.3 Å². The van der Waals surface area contributed by atoms with Gasteiger partial charge in [0.05, 0.1) is 13.2 Å². The van der Waals surface area contributed by atoms with E-state index in [1.807, 2.05) is 35.2 Å². The number of ether oxygens (including phenoxy) is 2. The fourth-order valence-corrected chi connectivity index (χ4v) is 2.80. The third-order valence-electron chi connectivity index (χ3n) is 4.28. The summed E-state index contributed by atoms with van der Waals surface area (Å²) in [4.78, 5) is 14.2. The predicted octanol–water partition coefficient (Wildman–Crippen LogP) is 3.23. The van der Waals surface area contributed by atoms with Gasteiger partial charge in [0, 0.05) is 6.54 Å². The molecule has 4 nitrogen and oxygen atoms in total. The molecule has 3 rings (SSSR count). The number of aryl methyl sites for hydroxylation is 1. The molecule has 1 aliphatic rings. The molecule has 1 unspecified atom stereocenters. The van der Waals surface area contributed by atoms with Gasteiger partial charge in [0.2, 0.25) is 0 Å². The van der Waals surface area contributed by atoms with E-state index in [0.29, 0.717) is 25.4 Å². The predicted molar refractivity (Wildman–Crippen MR) is 93.0 cm³/mol. The first-order valence-corrected chi connectivity index (χ1v) is 8.42. The van der Waals surface area contributed by atoms with Gasteiger partial charge >= 0.3 is 0 Å². The molecule has 0 aromatic heterocycles. The van der Waals surface area contributed by atoms with Crippen molar-refractivity contribution >= 4 is 5.91 Å². The van der Waals surface area contributed by atoms with Gasteiger partial charge in [0.25, 0.3) is 5.91 Å². The molecule has 0 N–H and O–H groups in total. The van der Waals surface area contributed by atoms with Crippen LogP contribution in [0.5, 0.6) is 5.75 Å². The van der Waals surface area contributed by atoms with E-state index < -0.39 is 0 Å². The molecule has 2 aromatic carbocycles. The second-order valence-corrected chi connectivity index (χ2v) is 5.90. The maximum Gasteiger partial charge on any atom is 0.260 e. The van der Waals surface area contributed by atoms with Crippen LogP contribution < -0.4 is 4.74 Å². The lowest BCUT2D eigenvalue weighted by Crippen LogP contribution is -2.44. The first-order valence-electron chi connectivity index (χ1n) is 8.42. The fraction of sp³-hybridized carbons (Fsp3) is 0.350. The van der Waals surface area contributed by atoms with Crippen LogP contribution in [0.1, 0.15) is 24.2 Å². The average molecular weight is 325 g/mol. The molecule has 1 atom stereocenters. The Balaban J connectivity index is 1.57. The number of nitrogens with zero attached hydrogens (tertiary/aromatic N) is 1. The topological polar surface area (TPSA) is 38.8 Å². The van der Waals surface area contributed by atoms with Gasteiger partial charge < -0.3 is 14.4 Å². The Kier molecular flexibility index (Phi) is 5.49. The van der Waals surface area contributed by atoms with E-state index >= 15 is 0 Å². The number of carbonyl (C=O) groups excluding carboxylic acids is 1. The van der Waals surface area contributed by atoms with Gasteiger partial charge in [-0.1, -0.05) is 49.4 Å². The standard InChI is InChI=1S/C20H23NO3/c1-2-16-8-10-17(11-9-16)19-14-21(12-13-23-19)20(22)15-24-18-6-4-3-5-7-18/h3-11,19H,2,12-15H2,1H3. The third-order valence-corrected chi connectivity index (χ3v) is 4.28. The minimum absolute atomic E-state index is 0.00247. The molecule has 0 saturated carbocycles. The molecule has 1 heterocycles. The monoisotopic (exact) mass is 325 g/mol. The molecule has 24 heavy (non-hydrogen) atoms. The van der Waals surface area contributed by atoms with Crippen LogP contribution in [0.3, 0.4) is 0 Å². The van der Waals surface area contributed by atoms with Crippen molar-refractivity contribution in [1.82, 2.24) is 4.90 Å². The maximum absolute atomic E-state index is 12.4. The highest BCUT2D eigenvalue weighted by molar-refractivity contribution is 5.78. The molecule has 1 saturated heterocycles. The molecule has 0 aliphatic carbocycles. The first-order chi connectivity index (χ1) is 11.8. The molecular formula is C20H23NO3. The van der Waals surface area contributed by atoms with Crippen LogP contribution in [0.2, 0.25) is 0 Å². The van der Waals surface area contributed by atoms with Gasteiger partial charge in [-0.25, -0.2) is 0 Å². The Hall–Kier alpha value is -2.33. The Morgan fingerprint density at radius 2 is 1.92 bits per heavy atom. The van der Waals surface area contributed by atoms with E-state index in [1.54, 1.807) is 0 Å². The Bertz CT molecular complexity index is 654. The summed E-state index contributed by atoms with van der Waals surface area (Å²) in [6.07, 6.45) is 0.957. The van der Waals surface area contributed by atoms with E-state index in [2.05, 4.69) is 31.2 Å². The summed E-state index contributed by atoms with van der Waals surface area (Å²) in [6.45, 7) is 3.94. The Morgan fingerprint density at radius 1 is 1.17 bits per heavy atom. The van der Waals surface area contributed by atoms with Crippen LogP contribution in [0.4, 0.5) is 0 Å². The van der Waals surface area contributed by atoms with Crippen molar-refractivity contribution in [3.63, 3.8) is 0 Å². The SMILES string of the molecule is CCc1ccc(C2CN(C(=O)COc3ccccc3)CCO2)cc1. The van der Waals surface area contributed by atoms with E-state index in [0.717, 1.165) is 12.0 Å². The third kappa shape index (κ3) is 4.15. The minimum Gasteiger partial charge on any atom is -0.484 e. The summed E-state index contributed by atoms with van der Waals surface area (Å²) in [6, 6.07) is 17.8. The van der Waals surface area contributed by atoms with Gasteiger partial charge in [-0.05, 0) is 29.7 Å². The lowest BCUT2D eigenvalue weighted by atomic mass is 10.0. The van der Waals surface area contributed by atoms with Crippen LogP contribution >= 0.6 is 0 Å². The van der Waals surface area contributed by atoms with E-state index in [4.69, 9.17) is 9.47 Å². The number of rotatable bonds is 5. The number of amides is 1. The zero-order chi connectivity index (χ0) is 16.8. The largest absolute Gasteiger partial charge is 0.484 e. The molecule has 0 spiro atoms. The van der Waals surface area contributed by atoms with E-state index in [-0.39, 0.29) is 18.6 Å². The summed E-state index contributed by atoms with van der Waals surface area (Å²) >= 11 is 0. The second kappa shape index (κ2) is 7.97. The molecule has 4 heteroatoms. The summed E-state index contributed by atoms with van der Waals surface area (Å²) in [5.41, 5.74) is 2.42. The van der Waals surface area contributed by atoms with Crippen LogP contribution in [0.15, 0.2) is 54.6 Å². The van der Waals surface area contributed by atoms with Crippen LogP contribution in [0, 0.1) is 0 Å². The fourth-order valence-electron chi connectivity index (χ4n) is 2.80. The second-order valence-electron chi connectivity index (χ2n) is 5.90. The lowest BCUT2D eigenvalue weighted by molar-refractivity contribution is -0.141. The number of benzene rings is 2. The number of hydrogen-bond donors (Lipinski definition) is 0. The zero-order valence-electron chi connectivity index (χ0n) is 14.0. The van der Waals surface area contributed by atoms with Crippen molar-refractivity contribution in [3.8, 4) is 5.75 Å². The number of para-hydroxylation sites is 1. The normalized spacial score (nSPS) is 17.5. The van der Waals surface area contributed by atoms with Crippen molar-refractivity contribution in [2.24, 2.45) is 0 Å². The van der Waals surface area contributed by atoms with E-state index in [1.165, 1.54) is 5.56 Å². The number of hydrogen-bond acceptors (Lipinski definition) is 3. The Labute approximate surface area is 143 Å². The van der Waals surface area contributed by atoms with Crippen molar-refractivity contribution in [2.45, 2.75) is 19.4 Å². The molecule has 0 bridgehead atoms. The summed E-state index contributed by atoms with van der Waals surface area (Å²) in [5, 5.41) is 0. The highest BCUT2D eigenvalue weighted by Gasteiger charge is 2.25. The number of morpholine rings is 1. The van der Waals surface area contributed by atoms with E-state index in [9.17, 15) is 4.79 Å². The molecule has 2 aromatic rings. The highest BCUT2D eigenvalue weighted by Crippen LogP contribution is 2.23. The smallest absolute Gasteiger partial charge is 0.260 e. The van der Waals surface area contributed by atoms with Crippen LogP contribution in [-0.2, 0) is 16.0 Å². The molecule has 1 amide bonds. The molecule has 126 valence electrons. The van der Waals surface area contributed by atoms with Crippen LogP contribution in [-0.4, -0.2) is 37.1 Å².